The van der Waals surface area contributed by atoms with Crippen LogP contribution >= 0.6 is 0 Å². The minimum atomic E-state index is -0.818. The fraction of sp³-hybridized carbons (Fsp3) is 0.905. The lowest BCUT2D eigenvalue weighted by atomic mass is 9.53. The summed E-state index contributed by atoms with van der Waals surface area (Å²) >= 11 is 0. The molecule has 0 aliphatic heterocycles. The lowest BCUT2D eigenvalue weighted by molar-refractivity contribution is -0.0501. The fourth-order valence-electron chi connectivity index (χ4n) is 6.40. The van der Waals surface area contributed by atoms with Crippen molar-refractivity contribution in [2.45, 2.75) is 89.6 Å². The van der Waals surface area contributed by atoms with Gasteiger partial charge < -0.3 is 5.11 Å². The molecule has 0 amide bonds. The van der Waals surface area contributed by atoms with E-state index < -0.39 is 5.60 Å². The number of fused-ring (bicyclic) bond motifs is 2. The number of aliphatic hydroxyl groups is 1. The van der Waals surface area contributed by atoms with E-state index >= 15 is 0 Å². The molecule has 0 aromatic rings. The first-order valence-corrected chi connectivity index (χ1v) is 10.1. The van der Waals surface area contributed by atoms with Crippen LogP contribution < -0.4 is 0 Å². The van der Waals surface area contributed by atoms with Gasteiger partial charge in [0.05, 0.1) is 5.60 Å². The van der Waals surface area contributed by atoms with Crippen molar-refractivity contribution in [2.75, 3.05) is 0 Å². The van der Waals surface area contributed by atoms with Gasteiger partial charge in [0.25, 0.3) is 0 Å². The fourth-order valence-corrected chi connectivity index (χ4v) is 6.40. The Morgan fingerprint density at radius 3 is 1.91 bits per heavy atom. The number of hydrogen-bond donors (Lipinski definition) is 1. The van der Waals surface area contributed by atoms with Crippen LogP contribution in [0, 0.1) is 29.1 Å². The molecule has 1 nitrogen and oxygen atoms in total. The van der Waals surface area contributed by atoms with E-state index in [2.05, 4.69) is 6.92 Å². The van der Waals surface area contributed by atoms with E-state index in [9.17, 15) is 9.50 Å². The van der Waals surface area contributed by atoms with Crippen molar-refractivity contribution in [3.05, 3.63) is 11.9 Å². The third kappa shape index (κ3) is 2.79. The van der Waals surface area contributed by atoms with Gasteiger partial charge in [0.15, 0.2) is 0 Å². The van der Waals surface area contributed by atoms with Gasteiger partial charge in [-0.3, -0.25) is 0 Å². The molecule has 0 spiro atoms. The molecule has 1 N–H and O–H groups in total. The van der Waals surface area contributed by atoms with Crippen LogP contribution in [0.3, 0.4) is 0 Å². The van der Waals surface area contributed by atoms with Crippen LogP contribution in [-0.2, 0) is 0 Å². The summed E-state index contributed by atoms with van der Waals surface area (Å²) in [5.74, 6) is 3.36. The minimum Gasteiger partial charge on any atom is -0.386 e. The standard InChI is InChI=1S/C21H33FO/c1-15-2-4-16(5-3-15)17-6-8-18(9-7-17)21-12-10-20(23,11-13-21)14-19(21)22/h14-18,23H,2-13H2,1H3. The number of halogens is 1. The van der Waals surface area contributed by atoms with E-state index in [0.29, 0.717) is 5.92 Å². The molecule has 0 aromatic heterocycles. The average molecular weight is 320 g/mol. The summed E-state index contributed by atoms with van der Waals surface area (Å²) in [5.41, 5.74) is -1.02. The van der Waals surface area contributed by atoms with Crippen molar-refractivity contribution < 1.29 is 9.50 Å². The summed E-state index contributed by atoms with van der Waals surface area (Å²) in [6, 6.07) is 0. The van der Waals surface area contributed by atoms with Gasteiger partial charge in [0.1, 0.15) is 5.83 Å². The Balaban J connectivity index is 1.39. The van der Waals surface area contributed by atoms with E-state index in [0.717, 1.165) is 43.4 Å². The normalized spacial score (nSPS) is 50.7. The van der Waals surface area contributed by atoms with E-state index in [4.69, 9.17) is 0 Å². The summed E-state index contributed by atoms with van der Waals surface area (Å²) < 4.78 is 14.8. The molecule has 2 heteroatoms. The quantitative estimate of drug-likeness (QED) is 0.684. The van der Waals surface area contributed by atoms with Crippen molar-refractivity contribution in [2.24, 2.45) is 29.1 Å². The minimum absolute atomic E-state index is 0.0347. The second kappa shape index (κ2) is 5.86. The maximum atomic E-state index is 14.8. The topological polar surface area (TPSA) is 20.2 Å². The number of hydrogen-bond acceptors (Lipinski definition) is 1. The molecule has 130 valence electrons. The van der Waals surface area contributed by atoms with Gasteiger partial charge in [0.2, 0.25) is 0 Å². The summed E-state index contributed by atoms with van der Waals surface area (Å²) in [4.78, 5) is 0. The zero-order chi connectivity index (χ0) is 16.1. The maximum Gasteiger partial charge on any atom is 0.105 e. The van der Waals surface area contributed by atoms with Crippen LogP contribution in [-0.4, -0.2) is 10.7 Å². The van der Waals surface area contributed by atoms with Crippen LogP contribution in [0.25, 0.3) is 0 Å². The molecule has 5 rings (SSSR count). The molecule has 0 unspecified atom stereocenters. The Bertz CT molecular complexity index is 458. The first-order chi connectivity index (χ1) is 11.0. The summed E-state index contributed by atoms with van der Waals surface area (Å²) in [6.07, 6.45) is 15.7. The third-order valence-corrected chi connectivity index (χ3v) is 8.16. The Hall–Kier alpha value is -0.370. The molecule has 5 aliphatic rings. The highest BCUT2D eigenvalue weighted by atomic mass is 19.1. The van der Waals surface area contributed by atoms with E-state index in [1.54, 1.807) is 6.08 Å². The zero-order valence-corrected chi connectivity index (χ0v) is 14.7. The first kappa shape index (κ1) is 16.1. The molecule has 3 saturated carbocycles. The maximum absolute atomic E-state index is 14.8. The van der Waals surface area contributed by atoms with Crippen molar-refractivity contribution in [1.29, 1.82) is 0 Å². The predicted molar refractivity (Wildman–Crippen MR) is 91.6 cm³/mol. The van der Waals surface area contributed by atoms with Gasteiger partial charge in [-0.1, -0.05) is 19.8 Å². The zero-order valence-electron chi connectivity index (χ0n) is 14.7. The molecule has 0 aromatic carbocycles. The lowest BCUT2D eigenvalue weighted by Gasteiger charge is -2.53. The van der Waals surface area contributed by atoms with E-state index in [1.807, 2.05) is 0 Å². The second-order valence-corrected chi connectivity index (χ2v) is 9.38. The smallest absolute Gasteiger partial charge is 0.105 e. The Kier molecular flexibility index (Phi) is 4.11. The van der Waals surface area contributed by atoms with Gasteiger partial charge in [-0.25, -0.2) is 4.39 Å². The molecular formula is C21H33FO. The number of allylic oxidation sites excluding steroid dienone is 1. The van der Waals surface area contributed by atoms with Gasteiger partial charge in [-0.15, -0.1) is 0 Å². The lowest BCUT2D eigenvalue weighted by Crippen LogP contribution is -2.48. The molecular weight excluding hydrogens is 287 g/mol. The Labute approximate surface area is 140 Å². The molecule has 2 bridgehead atoms. The molecule has 0 saturated heterocycles. The van der Waals surface area contributed by atoms with Gasteiger partial charge in [-0.2, -0.15) is 0 Å². The molecule has 5 aliphatic carbocycles. The monoisotopic (exact) mass is 320 g/mol. The molecule has 0 heterocycles. The number of rotatable bonds is 2. The van der Waals surface area contributed by atoms with Gasteiger partial charge in [-0.05, 0) is 94.0 Å². The van der Waals surface area contributed by atoms with E-state index in [-0.39, 0.29) is 11.2 Å². The van der Waals surface area contributed by atoms with Crippen molar-refractivity contribution in [3.63, 3.8) is 0 Å². The largest absolute Gasteiger partial charge is 0.386 e. The van der Waals surface area contributed by atoms with Crippen LogP contribution in [0.4, 0.5) is 4.39 Å². The summed E-state index contributed by atoms with van der Waals surface area (Å²) in [5, 5.41) is 10.3. The van der Waals surface area contributed by atoms with Crippen LogP contribution in [0.1, 0.15) is 84.0 Å². The van der Waals surface area contributed by atoms with E-state index in [1.165, 1.54) is 51.4 Å². The first-order valence-electron chi connectivity index (χ1n) is 10.1. The van der Waals surface area contributed by atoms with Crippen molar-refractivity contribution in [3.8, 4) is 0 Å². The second-order valence-electron chi connectivity index (χ2n) is 9.38. The molecule has 23 heavy (non-hydrogen) atoms. The summed E-state index contributed by atoms with van der Waals surface area (Å²) in [7, 11) is 0. The van der Waals surface area contributed by atoms with Crippen LogP contribution in [0.5, 0.6) is 0 Å². The van der Waals surface area contributed by atoms with Crippen molar-refractivity contribution >= 4 is 0 Å². The van der Waals surface area contributed by atoms with Gasteiger partial charge in [0, 0.05) is 5.41 Å². The third-order valence-electron chi connectivity index (χ3n) is 8.16. The SMILES string of the molecule is CC1CCC(C2CCC(C34CCC(O)(C=C3F)CC4)CC2)CC1. The average Bonchev–Trinajstić information content (AvgIpc) is 2.56. The molecule has 3 fully saturated rings. The van der Waals surface area contributed by atoms with Crippen molar-refractivity contribution in [1.82, 2.24) is 0 Å². The Morgan fingerprint density at radius 1 is 0.870 bits per heavy atom. The Morgan fingerprint density at radius 2 is 1.39 bits per heavy atom. The molecule has 0 atom stereocenters. The highest BCUT2D eigenvalue weighted by molar-refractivity contribution is 5.25. The van der Waals surface area contributed by atoms with Gasteiger partial charge >= 0.3 is 0 Å². The van der Waals surface area contributed by atoms with Crippen LogP contribution in [0.15, 0.2) is 11.9 Å². The predicted octanol–water partition coefficient (Wildman–Crippen LogP) is 5.78. The molecule has 0 radical (unpaired) electrons. The summed E-state index contributed by atoms with van der Waals surface area (Å²) in [6.45, 7) is 2.40. The van der Waals surface area contributed by atoms with Crippen LogP contribution in [0.2, 0.25) is 0 Å². The highest BCUT2D eigenvalue weighted by Crippen LogP contribution is 2.60. The highest BCUT2D eigenvalue weighted by Gasteiger charge is 2.53.